The minimum Gasteiger partial charge on any atom is -0.497 e. The zero-order valence-corrected chi connectivity index (χ0v) is 17.2. The first-order valence-corrected chi connectivity index (χ1v) is 10.4. The largest absolute Gasteiger partial charge is 0.497 e. The number of amides is 1. The molecule has 0 aliphatic carbocycles. The Kier molecular flexibility index (Phi) is 6.43. The van der Waals surface area contributed by atoms with Gasteiger partial charge in [0.2, 0.25) is 10.0 Å². The number of sulfonamides is 1. The van der Waals surface area contributed by atoms with Crippen LogP contribution in [-0.4, -0.2) is 33.5 Å². The first kappa shape index (κ1) is 21.4. The maximum atomic E-state index is 13.7. The summed E-state index contributed by atoms with van der Waals surface area (Å²) in [6.07, 6.45) is 1.41. The highest BCUT2D eigenvalue weighted by atomic mass is 32.2. The van der Waals surface area contributed by atoms with Crippen LogP contribution in [0.1, 0.15) is 15.9 Å². The number of rotatable bonds is 7. The highest BCUT2D eigenvalue weighted by Crippen LogP contribution is 2.24. The van der Waals surface area contributed by atoms with E-state index in [0.29, 0.717) is 22.6 Å². The number of hydrogen-bond acceptors (Lipinski definition) is 5. The van der Waals surface area contributed by atoms with Crippen molar-refractivity contribution in [1.29, 1.82) is 0 Å². The molecule has 0 fully saturated rings. The van der Waals surface area contributed by atoms with E-state index in [1.54, 1.807) is 30.3 Å². The van der Waals surface area contributed by atoms with E-state index in [1.807, 2.05) is 0 Å². The van der Waals surface area contributed by atoms with E-state index in [2.05, 4.69) is 15.0 Å². The van der Waals surface area contributed by atoms with E-state index >= 15 is 0 Å². The normalized spacial score (nSPS) is 11.2. The van der Waals surface area contributed by atoms with Crippen LogP contribution < -0.4 is 14.8 Å². The monoisotopic (exact) mass is 429 g/mol. The third-order valence-corrected chi connectivity index (χ3v) is 5.81. The summed E-state index contributed by atoms with van der Waals surface area (Å²) >= 11 is 0. The third kappa shape index (κ3) is 5.00. The fraction of sp³-hybridized carbons (Fsp3) is 0.143. The van der Waals surface area contributed by atoms with Gasteiger partial charge in [0.1, 0.15) is 11.6 Å². The molecule has 0 spiro atoms. The van der Waals surface area contributed by atoms with Gasteiger partial charge in [0.15, 0.2) is 0 Å². The molecular formula is C21H20FN3O4S. The fourth-order valence-electron chi connectivity index (χ4n) is 2.72. The maximum Gasteiger partial charge on any atom is 0.253 e. The number of nitrogens with one attached hydrogen (secondary N) is 2. The SMILES string of the molecule is CNS(=O)(=O)c1ccc(CNC(=O)c2ccc(-c3cc(F)cc(OC)c3)nc2)cc1. The smallest absolute Gasteiger partial charge is 0.253 e. The number of hydrogen-bond donors (Lipinski definition) is 2. The quantitative estimate of drug-likeness (QED) is 0.602. The number of carbonyl (C=O) groups is 1. The summed E-state index contributed by atoms with van der Waals surface area (Å²) in [4.78, 5) is 16.7. The average Bonchev–Trinajstić information content (AvgIpc) is 2.77. The van der Waals surface area contributed by atoms with E-state index in [9.17, 15) is 17.6 Å². The molecule has 0 saturated carbocycles. The molecule has 2 N–H and O–H groups in total. The van der Waals surface area contributed by atoms with Crippen LogP contribution in [0.4, 0.5) is 4.39 Å². The van der Waals surface area contributed by atoms with E-state index in [-0.39, 0.29) is 17.3 Å². The summed E-state index contributed by atoms with van der Waals surface area (Å²) in [7, 11) is -0.709. The molecule has 30 heavy (non-hydrogen) atoms. The number of methoxy groups -OCH3 is 1. The second-order valence-corrected chi connectivity index (χ2v) is 8.23. The Morgan fingerprint density at radius 2 is 1.83 bits per heavy atom. The molecule has 1 heterocycles. The highest BCUT2D eigenvalue weighted by Gasteiger charge is 2.12. The number of aromatic nitrogens is 1. The van der Waals surface area contributed by atoms with Gasteiger partial charge in [-0.2, -0.15) is 0 Å². The topological polar surface area (TPSA) is 97.4 Å². The predicted octanol–water partition coefficient (Wildman–Crippen LogP) is 2.73. The molecule has 0 radical (unpaired) electrons. The molecule has 1 amide bonds. The predicted molar refractivity (Wildman–Crippen MR) is 110 cm³/mol. The number of halogens is 1. The average molecular weight is 429 g/mol. The zero-order chi connectivity index (χ0) is 21.7. The van der Waals surface area contributed by atoms with Crippen LogP contribution in [0.5, 0.6) is 5.75 Å². The van der Waals surface area contributed by atoms with Crippen LogP contribution in [0.3, 0.4) is 0 Å². The van der Waals surface area contributed by atoms with Crippen LogP contribution in [0.15, 0.2) is 65.7 Å². The number of ether oxygens (including phenoxy) is 1. The van der Waals surface area contributed by atoms with Gasteiger partial charge >= 0.3 is 0 Å². The van der Waals surface area contributed by atoms with Crippen molar-refractivity contribution in [2.24, 2.45) is 0 Å². The lowest BCUT2D eigenvalue weighted by Crippen LogP contribution is -2.23. The Hall–Kier alpha value is -3.30. The molecule has 0 saturated heterocycles. The Bertz CT molecular complexity index is 1150. The van der Waals surface area contributed by atoms with Crippen LogP contribution >= 0.6 is 0 Å². The molecule has 0 unspecified atom stereocenters. The van der Waals surface area contributed by atoms with Gasteiger partial charge in [0.25, 0.3) is 5.91 Å². The molecule has 9 heteroatoms. The summed E-state index contributed by atoms with van der Waals surface area (Å²) in [5.41, 5.74) is 2.13. The van der Waals surface area contributed by atoms with Crippen LogP contribution in [0.25, 0.3) is 11.3 Å². The van der Waals surface area contributed by atoms with Gasteiger partial charge in [0, 0.05) is 24.4 Å². The van der Waals surface area contributed by atoms with Crippen molar-refractivity contribution in [3.8, 4) is 17.0 Å². The van der Waals surface area contributed by atoms with Crippen LogP contribution in [0, 0.1) is 5.82 Å². The first-order valence-electron chi connectivity index (χ1n) is 8.94. The second kappa shape index (κ2) is 9.02. The summed E-state index contributed by atoms with van der Waals surface area (Å²) in [5, 5.41) is 2.75. The fourth-order valence-corrected chi connectivity index (χ4v) is 3.45. The zero-order valence-electron chi connectivity index (χ0n) is 16.3. The molecular weight excluding hydrogens is 409 g/mol. The maximum absolute atomic E-state index is 13.7. The molecule has 3 rings (SSSR count). The van der Waals surface area contributed by atoms with Gasteiger partial charge in [-0.05, 0) is 49.0 Å². The van der Waals surface area contributed by atoms with Crippen molar-refractivity contribution in [2.45, 2.75) is 11.4 Å². The molecule has 1 aromatic heterocycles. The van der Waals surface area contributed by atoms with Crippen molar-refractivity contribution >= 4 is 15.9 Å². The molecule has 3 aromatic rings. The lowest BCUT2D eigenvalue weighted by Gasteiger charge is -2.08. The van der Waals surface area contributed by atoms with Gasteiger partial charge in [-0.3, -0.25) is 9.78 Å². The minimum atomic E-state index is -3.50. The van der Waals surface area contributed by atoms with Gasteiger partial charge < -0.3 is 10.1 Å². The summed E-state index contributed by atoms with van der Waals surface area (Å²) in [5.74, 6) is -0.401. The van der Waals surface area contributed by atoms with E-state index < -0.39 is 15.8 Å². The Morgan fingerprint density at radius 1 is 1.10 bits per heavy atom. The Labute approximate surface area is 174 Å². The van der Waals surface area contributed by atoms with Gasteiger partial charge in [-0.15, -0.1) is 0 Å². The lowest BCUT2D eigenvalue weighted by atomic mass is 10.1. The third-order valence-electron chi connectivity index (χ3n) is 4.38. The first-order chi connectivity index (χ1) is 14.3. The van der Waals surface area contributed by atoms with Crippen LogP contribution in [-0.2, 0) is 16.6 Å². The minimum absolute atomic E-state index is 0.147. The number of pyridine rings is 1. The summed E-state index contributed by atoms with van der Waals surface area (Å²) in [6.45, 7) is 0.224. The molecule has 156 valence electrons. The lowest BCUT2D eigenvalue weighted by molar-refractivity contribution is 0.0950. The van der Waals surface area contributed by atoms with Crippen molar-refractivity contribution in [1.82, 2.24) is 15.0 Å². The van der Waals surface area contributed by atoms with Gasteiger partial charge in [0.05, 0.1) is 23.3 Å². The Balaban J connectivity index is 1.66. The number of carbonyl (C=O) groups excluding carboxylic acids is 1. The van der Waals surface area contributed by atoms with Gasteiger partial charge in [-0.25, -0.2) is 17.5 Å². The molecule has 2 aromatic carbocycles. The van der Waals surface area contributed by atoms with E-state index in [0.717, 1.165) is 5.56 Å². The summed E-state index contributed by atoms with van der Waals surface area (Å²) in [6, 6.07) is 13.7. The van der Waals surface area contributed by atoms with Crippen LogP contribution in [0.2, 0.25) is 0 Å². The van der Waals surface area contributed by atoms with Crippen molar-refractivity contribution in [3.63, 3.8) is 0 Å². The van der Waals surface area contributed by atoms with Crippen molar-refractivity contribution in [3.05, 3.63) is 77.7 Å². The van der Waals surface area contributed by atoms with Crippen molar-refractivity contribution in [2.75, 3.05) is 14.2 Å². The van der Waals surface area contributed by atoms with E-state index in [4.69, 9.17) is 4.74 Å². The molecule has 0 aliphatic rings. The highest BCUT2D eigenvalue weighted by molar-refractivity contribution is 7.89. The summed E-state index contributed by atoms with van der Waals surface area (Å²) < 4.78 is 44.4. The Morgan fingerprint density at radius 3 is 2.43 bits per heavy atom. The number of benzene rings is 2. The van der Waals surface area contributed by atoms with E-state index in [1.165, 1.54) is 44.6 Å². The number of nitrogens with zero attached hydrogens (tertiary/aromatic N) is 1. The molecule has 0 aliphatic heterocycles. The standard InChI is InChI=1S/C21H20FN3O4S/c1-23-30(27,28)19-6-3-14(4-7-19)12-25-21(26)15-5-8-20(24-13-15)16-9-17(22)11-18(10-16)29-2/h3-11,13,23H,12H2,1-2H3,(H,25,26). The van der Waals surface area contributed by atoms with Gasteiger partial charge in [-0.1, -0.05) is 12.1 Å². The second-order valence-electron chi connectivity index (χ2n) is 6.35. The molecule has 7 nitrogen and oxygen atoms in total. The molecule has 0 atom stereocenters. The molecule has 0 bridgehead atoms. The van der Waals surface area contributed by atoms with Crippen molar-refractivity contribution < 1.29 is 22.3 Å².